The molecule has 3 amide bonds. The number of nitrogens with zero attached hydrogens (tertiary/aromatic N) is 1. The zero-order chi connectivity index (χ0) is 17.5. The monoisotopic (exact) mass is 348 g/mol. The molecule has 0 spiro atoms. The molecule has 0 saturated heterocycles. The minimum Gasteiger partial charge on any atom is -0.343 e. The van der Waals surface area contributed by atoms with Crippen LogP contribution in [0.1, 0.15) is 20.0 Å². The number of nitrogens with one attached hydrogen (secondary N) is 3. The number of non-ortho nitro benzene ring substituents is 1. The molecule has 0 atom stereocenters. The van der Waals surface area contributed by atoms with Crippen LogP contribution in [-0.4, -0.2) is 29.2 Å². The van der Waals surface area contributed by atoms with Crippen LogP contribution in [0.25, 0.3) is 0 Å². The minimum atomic E-state index is -0.640. The fourth-order valence-electron chi connectivity index (χ4n) is 1.66. The second-order valence-electron chi connectivity index (χ2n) is 4.47. The summed E-state index contributed by atoms with van der Waals surface area (Å²) in [6.07, 6.45) is 0. The van der Waals surface area contributed by atoms with E-state index in [9.17, 15) is 24.5 Å². The van der Waals surface area contributed by atoms with Gasteiger partial charge in [-0.05, 0) is 17.5 Å². The number of thiophene rings is 1. The van der Waals surface area contributed by atoms with Crippen molar-refractivity contribution in [3.63, 3.8) is 0 Å². The molecule has 1 aromatic carbocycles. The molecular formula is C14H12N4O5S. The van der Waals surface area contributed by atoms with Gasteiger partial charge in [-0.15, -0.1) is 11.3 Å². The summed E-state index contributed by atoms with van der Waals surface area (Å²) >= 11 is 1.21. The fourth-order valence-corrected chi connectivity index (χ4v) is 2.28. The third-order valence-corrected chi connectivity index (χ3v) is 3.66. The van der Waals surface area contributed by atoms with Crippen molar-refractivity contribution in [1.82, 2.24) is 16.2 Å². The van der Waals surface area contributed by atoms with Crippen LogP contribution in [0.3, 0.4) is 0 Å². The lowest BCUT2D eigenvalue weighted by Crippen LogP contribution is -2.46. The molecule has 0 aliphatic heterocycles. The van der Waals surface area contributed by atoms with Gasteiger partial charge in [-0.25, -0.2) is 0 Å². The summed E-state index contributed by atoms with van der Waals surface area (Å²) in [5.41, 5.74) is 4.18. The maximum absolute atomic E-state index is 11.8. The first-order valence-corrected chi connectivity index (χ1v) is 7.50. The van der Waals surface area contributed by atoms with Gasteiger partial charge in [-0.3, -0.25) is 35.3 Å². The summed E-state index contributed by atoms with van der Waals surface area (Å²) < 4.78 is 0. The Hall–Kier alpha value is -3.27. The number of hydrogen-bond donors (Lipinski definition) is 3. The summed E-state index contributed by atoms with van der Waals surface area (Å²) in [6.45, 7) is -0.397. The zero-order valence-corrected chi connectivity index (χ0v) is 13.0. The van der Waals surface area contributed by atoms with Gasteiger partial charge in [-0.2, -0.15) is 0 Å². The largest absolute Gasteiger partial charge is 0.343 e. The molecule has 0 saturated carbocycles. The van der Waals surface area contributed by atoms with Crippen LogP contribution >= 0.6 is 11.3 Å². The van der Waals surface area contributed by atoms with Gasteiger partial charge in [0.05, 0.1) is 16.3 Å². The van der Waals surface area contributed by atoms with E-state index in [2.05, 4.69) is 16.2 Å². The van der Waals surface area contributed by atoms with Crippen molar-refractivity contribution in [3.8, 4) is 0 Å². The standard InChI is InChI=1S/C14H12N4O5S/c19-12(16-17-14(21)11-5-2-6-24-11)8-15-13(20)9-3-1-4-10(7-9)18(22)23/h1-7H,8H2,(H,15,20)(H,16,19)(H,17,21). The second-order valence-corrected chi connectivity index (χ2v) is 5.42. The summed E-state index contributed by atoms with van der Waals surface area (Å²) in [5, 5.41) is 14.7. The predicted molar refractivity (Wildman–Crippen MR) is 85.4 cm³/mol. The minimum absolute atomic E-state index is 0.0552. The Balaban J connectivity index is 1.81. The number of hydrogen-bond acceptors (Lipinski definition) is 6. The van der Waals surface area contributed by atoms with Gasteiger partial charge in [0.15, 0.2) is 0 Å². The molecule has 2 aromatic rings. The van der Waals surface area contributed by atoms with E-state index in [1.807, 2.05) is 0 Å². The Morgan fingerprint density at radius 2 is 1.88 bits per heavy atom. The lowest BCUT2D eigenvalue weighted by atomic mass is 10.2. The van der Waals surface area contributed by atoms with Crippen LogP contribution in [0.4, 0.5) is 5.69 Å². The second kappa shape index (κ2) is 7.83. The Labute approximate surface area is 139 Å². The van der Waals surface area contributed by atoms with Gasteiger partial charge in [0.2, 0.25) is 0 Å². The maximum atomic E-state index is 11.8. The van der Waals surface area contributed by atoms with E-state index < -0.39 is 29.2 Å². The number of nitro groups is 1. The number of carbonyl (C=O) groups is 3. The Kier molecular flexibility index (Phi) is 5.58. The van der Waals surface area contributed by atoms with E-state index in [4.69, 9.17) is 0 Å². The summed E-state index contributed by atoms with van der Waals surface area (Å²) in [7, 11) is 0. The molecule has 124 valence electrons. The molecule has 1 heterocycles. The van der Waals surface area contributed by atoms with Crippen molar-refractivity contribution in [1.29, 1.82) is 0 Å². The van der Waals surface area contributed by atoms with Gasteiger partial charge in [0, 0.05) is 17.7 Å². The Morgan fingerprint density at radius 1 is 1.08 bits per heavy atom. The van der Waals surface area contributed by atoms with Crippen molar-refractivity contribution in [3.05, 3.63) is 62.3 Å². The first kappa shape index (κ1) is 17.1. The van der Waals surface area contributed by atoms with Gasteiger partial charge >= 0.3 is 0 Å². The lowest BCUT2D eigenvalue weighted by molar-refractivity contribution is -0.384. The summed E-state index contributed by atoms with van der Waals surface area (Å²) in [4.78, 5) is 45.5. The third kappa shape index (κ3) is 4.61. The van der Waals surface area contributed by atoms with E-state index in [1.54, 1.807) is 17.5 Å². The van der Waals surface area contributed by atoms with Crippen molar-refractivity contribution in [2.75, 3.05) is 6.54 Å². The van der Waals surface area contributed by atoms with Crippen LogP contribution in [-0.2, 0) is 4.79 Å². The predicted octanol–water partition coefficient (Wildman–Crippen LogP) is 0.847. The molecule has 0 bridgehead atoms. The van der Waals surface area contributed by atoms with Crippen molar-refractivity contribution >= 4 is 34.7 Å². The lowest BCUT2D eigenvalue weighted by Gasteiger charge is -2.07. The van der Waals surface area contributed by atoms with Crippen LogP contribution in [0.5, 0.6) is 0 Å². The van der Waals surface area contributed by atoms with Crippen LogP contribution < -0.4 is 16.2 Å². The van der Waals surface area contributed by atoms with E-state index in [0.29, 0.717) is 4.88 Å². The average Bonchev–Trinajstić information content (AvgIpc) is 3.12. The number of carbonyl (C=O) groups excluding carboxylic acids is 3. The smallest absolute Gasteiger partial charge is 0.279 e. The van der Waals surface area contributed by atoms with Crippen molar-refractivity contribution in [2.24, 2.45) is 0 Å². The van der Waals surface area contributed by atoms with Crippen LogP contribution in [0.2, 0.25) is 0 Å². The van der Waals surface area contributed by atoms with E-state index in [-0.39, 0.29) is 11.3 Å². The number of rotatable bonds is 5. The van der Waals surface area contributed by atoms with Gasteiger partial charge < -0.3 is 5.32 Å². The fraction of sp³-hybridized carbons (Fsp3) is 0.0714. The molecule has 0 aliphatic rings. The highest BCUT2D eigenvalue weighted by molar-refractivity contribution is 7.12. The SMILES string of the molecule is O=C(CNC(=O)c1cccc([N+](=O)[O-])c1)NNC(=O)c1cccs1. The molecule has 0 aliphatic carbocycles. The van der Waals surface area contributed by atoms with Gasteiger partial charge in [0.1, 0.15) is 0 Å². The first-order valence-electron chi connectivity index (χ1n) is 6.62. The van der Waals surface area contributed by atoms with E-state index >= 15 is 0 Å². The first-order chi connectivity index (χ1) is 11.5. The van der Waals surface area contributed by atoms with Gasteiger partial charge in [-0.1, -0.05) is 12.1 Å². The van der Waals surface area contributed by atoms with Crippen molar-refractivity contribution < 1.29 is 19.3 Å². The van der Waals surface area contributed by atoms with Crippen LogP contribution in [0, 0.1) is 10.1 Å². The molecular weight excluding hydrogens is 336 g/mol. The Bertz CT molecular complexity index is 775. The maximum Gasteiger partial charge on any atom is 0.279 e. The molecule has 1 aromatic heterocycles. The molecule has 24 heavy (non-hydrogen) atoms. The van der Waals surface area contributed by atoms with E-state index in [0.717, 1.165) is 6.07 Å². The third-order valence-electron chi connectivity index (χ3n) is 2.79. The summed E-state index contributed by atoms with van der Waals surface area (Å²) in [6, 6.07) is 8.40. The number of amides is 3. The molecule has 3 N–H and O–H groups in total. The molecule has 0 unspecified atom stereocenters. The van der Waals surface area contributed by atoms with E-state index in [1.165, 1.54) is 29.5 Å². The highest BCUT2D eigenvalue weighted by atomic mass is 32.1. The highest BCUT2D eigenvalue weighted by Crippen LogP contribution is 2.12. The highest BCUT2D eigenvalue weighted by Gasteiger charge is 2.13. The normalized spacial score (nSPS) is 9.83. The molecule has 10 heteroatoms. The topological polar surface area (TPSA) is 130 Å². The molecule has 0 fully saturated rings. The molecule has 0 radical (unpaired) electrons. The summed E-state index contributed by atoms with van der Waals surface area (Å²) in [5.74, 6) is -1.75. The number of benzene rings is 1. The number of hydrazine groups is 1. The Morgan fingerprint density at radius 3 is 2.54 bits per heavy atom. The van der Waals surface area contributed by atoms with Crippen molar-refractivity contribution in [2.45, 2.75) is 0 Å². The van der Waals surface area contributed by atoms with Gasteiger partial charge in [0.25, 0.3) is 23.4 Å². The van der Waals surface area contributed by atoms with Crippen LogP contribution in [0.15, 0.2) is 41.8 Å². The molecule has 9 nitrogen and oxygen atoms in total. The number of nitro benzene ring substituents is 1. The quantitative estimate of drug-likeness (QED) is 0.544. The zero-order valence-electron chi connectivity index (χ0n) is 12.1. The average molecular weight is 348 g/mol. The molecule has 2 rings (SSSR count).